The molecule has 0 nitrogen and oxygen atoms in total. The number of hydrogen-bond donors (Lipinski definition) is 0. The molecule has 0 heteroatoms. The van der Waals surface area contributed by atoms with E-state index in [1.807, 2.05) is 13.8 Å². The lowest BCUT2D eigenvalue weighted by Gasteiger charge is -1.95. The molecule has 0 aromatic rings. The lowest BCUT2D eigenvalue weighted by atomic mass is 10.1. The van der Waals surface area contributed by atoms with E-state index >= 15 is 0 Å². The molecule has 0 saturated carbocycles. The third-order valence-corrected chi connectivity index (χ3v) is 1.12. The van der Waals surface area contributed by atoms with Crippen molar-refractivity contribution in [3.63, 3.8) is 0 Å². The first-order valence-electron chi connectivity index (χ1n) is 3.33. The van der Waals surface area contributed by atoms with Crippen LogP contribution in [-0.4, -0.2) is 0 Å². The van der Waals surface area contributed by atoms with Gasteiger partial charge >= 0.3 is 0 Å². The van der Waals surface area contributed by atoms with Crippen LogP contribution in [0.1, 0.15) is 27.2 Å². The third kappa shape index (κ3) is 5.17. The molecule has 0 heterocycles. The summed E-state index contributed by atoms with van der Waals surface area (Å²) >= 11 is 0. The second-order valence-electron chi connectivity index (χ2n) is 2.13. The Morgan fingerprint density at radius 2 is 2.22 bits per heavy atom. The van der Waals surface area contributed by atoms with Crippen LogP contribution in [0.15, 0.2) is 12.2 Å². The molecule has 0 unspecified atom stereocenters. The lowest BCUT2D eigenvalue weighted by Crippen LogP contribution is -1.84. The molecule has 0 aromatic heterocycles. The summed E-state index contributed by atoms with van der Waals surface area (Å²) in [5.74, 6) is 6.52. The van der Waals surface area contributed by atoms with Crippen molar-refractivity contribution >= 4 is 0 Å². The average Bonchev–Trinajstić information content (AvgIpc) is 1.85. The van der Waals surface area contributed by atoms with E-state index in [9.17, 15) is 0 Å². The van der Waals surface area contributed by atoms with E-state index in [1.165, 1.54) is 0 Å². The van der Waals surface area contributed by atoms with E-state index in [-0.39, 0.29) is 0 Å². The minimum atomic E-state index is 0.613. The number of hydrogen-bond acceptors (Lipinski definition) is 0. The van der Waals surface area contributed by atoms with Crippen molar-refractivity contribution in [1.29, 1.82) is 0 Å². The molecular formula is C9H14. The van der Waals surface area contributed by atoms with E-state index in [2.05, 4.69) is 30.9 Å². The van der Waals surface area contributed by atoms with Gasteiger partial charge in [-0.15, -0.1) is 11.8 Å². The SMILES string of the molecule is CC#CC[C@@H](C)/C=C/C. The van der Waals surface area contributed by atoms with Gasteiger partial charge in [-0.05, 0) is 19.8 Å². The fraction of sp³-hybridized carbons (Fsp3) is 0.556. The first-order chi connectivity index (χ1) is 4.31. The van der Waals surface area contributed by atoms with Crippen LogP contribution in [0.25, 0.3) is 0 Å². The summed E-state index contributed by atoms with van der Waals surface area (Å²) < 4.78 is 0. The Kier molecular flexibility index (Phi) is 5.01. The molecule has 0 N–H and O–H groups in total. The predicted octanol–water partition coefficient (Wildman–Crippen LogP) is 2.61. The maximum atomic E-state index is 3.03. The largest absolute Gasteiger partial charge is 0.107 e. The minimum Gasteiger partial charge on any atom is -0.107 e. The molecule has 9 heavy (non-hydrogen) atoms. The van der Waals surface area contributed by atoms with Gasteiger partial charge in [-0.1, -0.05) is 19.1 Å². The Bertz CT molecular complexity index is 132. The summed E-state index contributed by atoms with van der Waals surface area (Å²) in [6, 6.07) is 0. The summed E-state index contributed by atoms with van der Waals surface area (Å²) in [5, 5.41) is 0. The second kappa shape index (κ2) is 5.44. The molecule has 0 aliphatic heterocycles. The molecular weight excluding hydrogens is 108 g/mol. The Labute approximate surface area is 58.0 Å². The van der Waals surface area contributed by atoms with Gasteiger partial charge in [-0.3, -0.25) is 0 Å². The molecule has 0 bridgehead atoms. The van der Waals surface area contributed by atoms with Crippen molar-refractivity contribution < 1.29 is 0 Å². The fourth-order valence-electron chi connectivity index (χ4n) is 0.660. The van der Waals surface area contributed by atoms with E-state index in [4.69, 9.17) is 0 Å². The first kappa shape index (κ1) is 8.30. The van der Waals surface area contributed by atoms with Crippen LogP contribution in [0, 0.1) is 17.8 Å². The first-order valence-corrected chi connectivity index (χ1v) is 3.33. The highest BCUT2D eigenvalue weighted by molar-refractivity contribution is 4.99. The van der Waals surface area contributed by atoms with Gasteiger partial charge in [-0.2, -0.15) is 0 Å². The van der Waals surface area contributed by atoms with Gasteiger partial charge in [0.25, 0.3) is 0 Å². The van der Waals surface area contributed by atoms with E-state index in [0.717, 1.165) is 6.42 Å². The highest BCUT2D eigenvalue weighted by atomic mass is 13.9. The third-order valence-electron chi connectivity index (χ3n) is 1.12. The van der Waals surface area contributed by atoms with Crippen molar-refractivity contribution in [2.75, 3.05) is 0 Å². The highest BCUT2D eigenvalue weighted by Gasteiger charge is 1.89. The van der Waals surface area contributed by atoms with Gasteiger partial charge in [0.05, 0.1) is 0 Å². The monoisotopic (exact) mass is 122 g/mol. The molecule has 1 atom stereocenters. The number of allylic oxidation sites excluding steroid dienone is 2. The summed E-state index contributed by atoms with van der Waals surface area (Å²) in [6.07, 6.45) is 5.23. The molecule has 50 valence electrons. The van der Waals surface area contributed by atoms with Crippen LogP contribution in [0.4, 0.5) is 0 Å². The maximum absolute atomic E-state index is 3.03. The standard InChI is InChI=1S/C9H14/c1-4-6-8-9(3)7-5-2/h5,7,9H,8H2,1-3H3/b7-5+/t9-/m0/s1. The van der Waals surface area contributed by atoms with E-state index in [0.29, 0.717) is 5.92 Å². The van der Waals surface area contributed by atoms with Crippen LogP contribution < -0.4 is 0 Å². The molecule has 0 aliphatic carbocycles. The zero-order valence-electron chi connectivity index (χ0n) is 6.44. The van der Waals surface area contributed by atoms with Crippen LogP contribution in [0.2, 0.25) is 0 Å². The highest BCUT2D eigenvalue weighted by Crippen LogP contribution is 2.00. The van der Waals surface area contributed by atoms with Crippen LogP contribution in [-0.2, 0) is 0 Å². The zero-order valence-corrected chi connectivity index (χ0v) is 6.44. The second-order valence-corrected chi connectivity index (χ2v) is 2.13. The zero-order chi connectivity index (χ0) is 7.11. The van der Waals surface area contributed by atoms with Gasteiger partial charge < -0.3 is 0 Å². The molecule has 0 spiro atoms. The number of rotatable bonds is 2. The molecule has 0 aromatic carbocycles. The lowest BCUT2D eigenvalue weighted by molar-refractivity contribution is 0.758. The Morgan fingerprint density at radius 1 is 1.56 bits per heavy atom. The van der Waals surface area contributed by atoms with Crippen LogP contribution in [0.3, 0.4) is 0 Å². The van der Waals surface area contributed by atoms with Crippen LogP contribution in [0.5, 0.6) is 0 Å². The van der Waals surface area contributed by atoms with Crippen molar-refractivity contribution in [2.45, 2.75) is 27.2 Å². The molecule has 0 radical (unpaired) electrons. The minimum absolute atomic E-state index is 0.613. The fourth-order valence-corrected chi connectivity index (χ4v) is 0.660. The Hall–Kier alpha value is -0.700. The van der Waals surface area contributed by atoms with Gasteiger partial charge in [0.1, 0.15) is 0 Å². The van der Waals surface area contributed by atoms with E-state index < -0.39 is 0 Å². The summed E-state index contributed by atoms with van der Waals surface area (Å²) in [6.45, 7) is 6.09. The Balaban J connectivity index is 3.46. The smallest absolute Gasteiger partial charge is 0.0149 e. The van der Waals surface area contributed by atoms with Gasteiger partial charge in [0.2, 0.25) is 0 Å². The van der Waals surface area contributed by atoms with Crippen molar-refractivity contribution in [3.8, 4) is 11.8 Å². The van der Waals surface area contributed by atoms with Crippen molar-refractivity contribution in [2.24, 2.45) is 5.92 Å². The molecule has 0 amide bonds. The van der Waals surface area contributed by atoms with Gasteiger partial charge in [0.15, 0.2) is 0 Å². The topological polar surface area (TPSA) is 0 Å². The normalized spacial score (nSPS) is 12.8. The maximum Gasteiger partial charge on any atom is 0.0149 e. The molecule has 0 aliphatic rings. The predicted molar refractivity (Wildman–Crippen MR) is 42.0 cm³/mol. The summed E-state index contributed by atoms with van der Waals surface area (Å²) in [5.41, 5.74) is 0. The van der Waals surface area contributed by atoms with Gasteiger partial charge in [-0.25, -0.2) is 0 Å². The van der Waals surface area contributed by atoms with Gasteiger partial charge in [0, 0.05) is 6.42 Å². The van der Waals surface area contributed by atoms with E-state index in [1.54, 1.807) is 0 Å². The summed E-state index contributed by atoms with van der Waals surface area (Å²) in [4.78, 5) is 0. The van der Waals surface area contributed by atoms with Crippen LogP contribution >= 0.6 is 0 Å². The quantitative estimate of drug-likeness (QED) is 0.390. The molecule has 0 rings (SSSR count). The Morgan fingerprint density at radius 3 is 2.67 bits per heavy atom. The summed E-state index contributed by atoms with van der Waals surface area (Å²) in [7, 11) is 0. The molecule has 0 fully saturated rings. The average molecular weight is 122 g/mol. The van der Waals surface area contributed by atoms with Crippen molar-refractivity contribution in [1.82, 2.24) is 0 Å². The molecule has 0 saturated heterocycles. The van der Waals surface area contributed by atoms with Crippen molar-refractivity contribution in [3.05, 3.63) is 12.2 Å².